The highest BCUT2D eigenvalue weighted by Crippen LogP contribution is 2.35. The zero-order chi connectivity index (χ0) is 24.3. The maximum atomic E-state index is 13.0. The van der Waals surface area contributed by atoms with E-state index >= 15 is 0 Å². The minimum absolute atomic E-state index is 0.0885. The molecule has 0 bridgehead atoms. The molecule has 10 nitrogen and oxygen atoms in total. The van der Waals surface area contributed by atoms with Crippen molar-refractivity contribution in [1.29, 1.82) is 0 Å². The van der Waals surface area contributed by atoms with Crippen LogP contribution < -0.4 is 4.90 Å². The summed E-state index contributed by atoms with van der Waals surface area (Å²) in [4.78, 5) is 28.0. The first kappa shape index (κ1) is 25.4. The average molecular weight is 483 g/mol. The van der Waals surface area contributed by atoms with E-state index in [0.29, 0.717) is 44.8 Å². The minimum Gasteiger partial charge on any atom is -0.379 e. The number of sulfonamides is 1. The van der Waals surface area contributed by atoms with Gasteiger partial charge in [-0.15, -0.1) is 0 Å². The Morgan fingerprint density at radius 1 is 1.09 bits per heavy atom. The first-order valence-electron chi connectivity index (χ1n) is 11.5. The smallest absolute Gasteiger partial charge is 0.293 e. The standard InChI is InChI=1S/C22H34N4O6S/c1-16(2)25(17(3)4)22(27)18-7-9-23(10-8-18)20-6-5-19(15-21(20)26(28)29)33(30,31)24-11-13-32-14-12-24/h5-6,15-18H,7-14H2,1-4H3. The molecule has 0 unspecified atom stereocenters. The number of carbonyl (C=O) groups excluding carboxylic acids is 1. The summed E-state index contributed by atoms with van der Waals surface area (Å²) in [6, 6.07) is 4.32. The minimum atomic E-state index is -3.83. The number of rotatable bonds is 7. The maximum absolute atomic E-state index is 13.0. The Kier molecular flexibility index (Phi) is 7.96. The van der Waals surface area contributed by atoms with Crippen LogP contribution in [0.3, 0.4) is 0 Å². The van der Waals surface area contributed by atoms with Crippen molar-refractivity contribution in [2.45, 2.75) is 57.5 Å². The fraction of sp³-hybridized carbons (Fsp3) is 0.682. The third kappa shape index (κ3) is 5.47. The van der Waals surface area contributed by atoms with Crippen molar-refractivity contribution in [3.8, 4) is 0 Å². The fourth-order valence-corrected chi connectivity index (χ4v) is 6.13. The monoisotopic (exact) mass is 482 g/mol. The number of anilines is 1. The number of nitrogens with zero attached hydrogens (tertiary/aromatic N) is 4. The van der Waals surface area contributed by atoms with E-state index in [4.69, 9.17) is 4.74 Å². The second-order valence-electron chi connectivity index (χ2n) is 9.12. The molecule has 1 amide bonds. The molecule has 2 aliphatic rings. The van der Waals surface area contributed by atoms with Crippen LogP contribution in [0.15, 0.2) is 23.1 Å². The molecule has 0 atom stereocenters. The number of carbonyl (C=O) groups is 1. The zero-order valence-electron chi connectivity index (χ0n) is 19.8. The lowest BCUT2D eigenvalue weighted by atomic mass is 9.93. The number of benzene rings is 1. The van der Waals surface area contributed by atoms with Gasteiger partial charge in [-0.1, -0.05) is 0 Å². The molecule has 1 aromatic carbocycles. The molecule has 0 aliphatic carbocycles. The van der Waals surface area contributed by atoms with Crippen LogP contribution in [-0.2, 0) is 19.6 Å². The van der Waals surface area contributed by atoms with Gasteiger partial charge in [-0.3, -0.25) is 14.9 Å². The molecule has 11 heteroatoms. The van der Waals surface area contributed by atoms with Crippen molar-refractivity contribution in [2.24, 2.45) is 5.92 Å². The molecule has 2 aliphatic heterocycles. The molecular formula is C22H34N4O6S. The molecular weight excluding hydrogens is 448 g/mol. The summed E-state index contributed by atoms with van der Waals surface area (Å²) in [5.41, 5.74) is 0.150. The van der Waals surface area contributed by atoms with Gasteiger partial charge in [0, 0.05) is 50.2 Å². The van der Waals surface area contributed by atoms with Crippen molar-refractivity contribution in [3.63, 3.8) is 0 Å². The molecule has 0 N–H and O–H groups in total. The summed E-state index contributed by atoms with van der Waals surface area (Å²) in [6.07, 6.45) is 1.19. The summed E-state index contributed by atoms with van der Waals surface area (Å²) in [5, 5.41) is 11.8. The van der Waals surface area contributed by atoms with Gasteiger partial charge in [-0.2, -0.15) is 4.31 Å². The first-order valence-corrected chi connectivity index (χ1v) is 12.9. The van der Waals surface area contributed by atoms with Crippen LogP contribution in [0.25, 0.3) is 0 Å². The average Bonchev–Trinajstić information content (AvgIpc) is 2.78. The van der Waals surface area contributed by atoms with E-state index in [-0.39, 0.29) is 47.6 Å². The number of hydrogen-bond donors (Lipinski definition) is 0. The number of nitro benzene ring substituents is 1. The van der Waals surface area contributed by atoms with Gasteiger partial charge in [0.2, 0.25) is 15.9 Å². The summed E-state index contributed by atoms with van der Waals surface area (Å²) >= 11 is 0. The number of hydrogen-bond acceptors (Lipinski definition) is 7. The van der Waals surface area contributed by atoms with Crippen molar-refractivity contribution in [1.82, 2.24) is 9.21 Å². The van der Waals surface area contributed by atoms with Crippen LogP contribution >= 0.6 is 0 Å². The Hall–Kier alpha value is -2.24. The molecule has 184 valence electrons. The van der Waals surface area contributed by atoms with Crippen molar-refractivity contribution >= 4 is 27.3 Å². The summed E-state index contributed by atoms with van der Waals surface area (Å²) in [7, 11) is -3.83. The molecule has 0 spiro atoms. The number of morpholine rings is 1. The number of nitro groups is 1. The number of amides is 1. The first-order chi connectivity index (χ1) is 15.5. The third-order valence-electron chi connectivity index (χ3n) is 6.30. The lowest BCUT2D eigenvalue weighted by Gasteiger charge is -2.38. The molecule has 0 saturated carbocycles. The predicted molar refractivity (Wildman–Crippen MR) is 125 cm³/mol. The SMILES string of the molecule is CC(C)N(C(=O)C1CCN(c2ccc(S(=O)(=O)N3CCOCC3)cc2[N+](=O)[O-])CC1)C(C)C. The summed E-state index contributed by atoms with van der Waals surface area (Å²) in [6.45, 7) is 10.1. The van der Waals surface area contributed by atoms with E-state index in [1.54, 1.807) is 0 Å². The van der Waals surface area contributed by atoms with E-state index in [9.17, 15) is 23.3 Å². The van der Waals surface area contributed by atoms with Crippen LogP contribution in [-0.4, -0.2) is 79.9 Å². The largest absolute Gasteiger partial charge is 0.379 e. The molecule has 1 aromatic rings. The number of ether oxygens (including phenoxy) is 1. The van der Waals surface area contributed by atoms with Gasteiger partial charge in [0.1, 0.15) is 5.69 Å². The Balaban J connectivity index is 1.78. The van der Waals surface area contributed by atoms with Gasteiger partial charge in [-0.05, 0) is 52.7 Å². The quantitative estimate of drug-likeness (QED) is 0.433. The molecule has 0 radical (unpaired) electrons. The highest BCUT2D eigenvalue weighted by Gasteiger charge is 2.34. The molecule has 2 fully saturated rings. The van der Waals surface area contributed by atoms with E-state index in [0.717, 1.165) is 6.07 Å². The normalized spacial score (nSPS) is 18.7. The van der Waals surface area contributed by atoms with E-state index < -0.39 is 14.9 Å². The Bertz CT molecular complexity index is 959. The van der Waals surface area contributed by atoms with Crippen LogP contribution in [0, 0.1) is 16.0 Å². The van der Waals surface area contributed by atoms with Crippen molar-refractivity contribution < 1.29 is 22.9 Å². The van der Waals surface area contributed by atoms with Gasteiger partial charge in [0.05, 0.1) is 23.0 Å². The van der Waals surface area contributed by atoms with Gasteiger partial charge in [-0.25, -0.2) is 8.42 Å². The van der Waals surface area contributed by atoms with E-state index in [2.05, 4.69) is 0 Å². The van der Waals surface area contributed by atoms with Gasteiger partial charge >= 0.3 is 0 Å². The topological polar surface area (TPSA) is 113 Å². The third-order valence-corrected chi connectivity index (χ3v) is 8.20. The Morgan fingerprint density at radius 2 is 1.67 bits per heavy atom. The van der Waals surface area contributed by atoms with Gasteiger partial charge < -0.3 is 14.5 Å². The summed E-state index contributed by atoms with van der Waals surface area (Å²) in [5.74, 6) is 0.00665. The van der Waals surface area contributed by atoms with Crippen molar-refractivity contribution in [2.75, 3.05) is 44.3 Å². The van der Waals surface area contributed by atoms with E-state index in [1.807, 2.05) is 37.5 Å². The molecule has 2 heterocycles. The zero-order valence-corrected chi connectivity index (χ0v) is 20.6. The van der Waals surface area contributed by atoms with Gasteiger partial charge in [0.25, 0.3) is 5.69 Å². The molecule has 33 heavy (non-hydrogen) atoms. The molecule has 2 saturated heterocycles. The van der Waals surface area contributed by atoms with Crippen molar-refractivity contribution in [3.05, 3.63) is 28.3 Å². The highest BCUT2D eigenvalue weighted by molar-refractivity contribution is 7.89. The highest BCUT2D eigenvalue weighted by atomic mass is 32.2. The Labute approximate surface area is 195 Å². The molecule has 0 aromatic heterocycles. The Morgan fingerprint density at radius 3 is 2.18 bits per heavy atom. The second-order valence-corrected chi connectivity index (χ2v) is 11.1. The van der Waals surface area contributed by atoms with E-state index in [1.165, 1.54) is 16.4 Å². The van der Waals surface area contributed by atoms with Crippen LogP contribution in [0.5, 0.6) is 0 Å². The maximum Gasteiger partial charge on any atom is 0.293 e. The lowest BCUT2D eigenvalue weighted by molar-refractivity contribution is -0.384. The van der Waals surface area contributed by atoms with Crippen LogP contribution in [0.4, 0.5) is 11.4 Å². The predicted octanol–water partition coefficient (Wildman–Crippen LogP) is 2.48. The second kappa shape index (κ2) is 10.4. The number of piperidine rings is 1. The van der Waals surface area contributed by atoms with Gasteiger partial charge in [0.15, 0.2) is 0 Å². The van der Waals surface area contributed by atoms with Crippen LogP contribution in [0.2, 0.25) is 0 Å². The molecule has 3 rings (SSSR count). The summed E-state index contributed by atoms with van der Waals surface area (Å²) < 4.78 is 32.4. The lowest BCUT2D eigenvalue weighted by Crippen LogP contribution is -2.48. The van der Waals surface area contributed by atoms with Crippen LogP contribution in [0.1, 0.15) is 40.5 Å². The fourth-order valence-electron chi connectivity index (χ4n) is 4.70.